The molecule has 4 nitrogen and oxygen atoms in total. The lowest BCUT2D eigenvalue weighted by Crippen LogP contribution is -2.33. The lowest BCUT2D eigenvalue weighted by atomic mass is 9.98. The Bertz CT molecular complexity index is 336. The SMILES string of the molecule is CCCC(C)(N)c1nc(CSCC(C)C)no1. The zero-order valence-corrected chi connectivity index (χ0v) is 12.0. The molecule has 0 radical (unpaired) electrons. The van der Waals surface area contributed by atoms with E-state index in [-0.39, 0.29) is 0 Å². The third kappa shape index (κ3) is 4.68. The van der Waals surface area contributed by atoms with E-state index in [0.29, 0.717) is 11.8 Å². The summed E-state index contributed by atoms with van der Waals surface area (Å²) in [5, 5.41) is 3.97. The fourth-order valence-electron chi connectivity index (χ4n) is 1.56. The molecule has 0 bridgehead atoms. The molecule has 5 heteroatoms. The summed E-state index contributed by atoms with van der Waals surface area (Å²) >= 11 is 1.83. The first-order valence-electron chi connectivity index (χ1n) is 6.15. The quantitative estimate of drug-likeness (QED) is 0.813. The molecule has 17 heavy (non-hydrogen) atoms. The van der Waals surface area contributed by atoms with Gasteiger partial charge in [-0.1, -0.05) is 32.3 Å². The molecular formula is C12H23N3OS. The van der Waals surface area contributed by atoms with E-state index in [9.17, 15) is 0 Å². The van der Waals surface area contributed by atoms with E-state index in [1.54, 1.807) is 0 Å². The summed E-state index contributed by atoms with van der Waals surface area (Å²) in [7, 11) is 0. The van der Waals surface area contributed by atoms with Crippen LogP contribution >= 0.6 is 11.8 Å². The van der Waals surface area contributed by atoms with E-state index >= 15 is 0 Å². The molecule has 2 N–H and O–H groups in total. The van der Waals surface area contributed by atoms with Gasteiger partial charge in [0.05, 0.1) is 11.3 Å². The highest BCUT2D eigenvalue weighted by molar-refractivity contribution is 7.98. The molecule has 0 aliphatic rings. The maximum atomic E-state index is 6.14. The summed E-state index contributed by atoms with van der Waals surface area (Å²) in [5.41, 5.74) is 5.64. The number of aromatic nitrogens is 2. The second-order valence-electron chi connectivity index (χ2n) is 5.09. The van der Waals surface area contributed by atoms with Crippen molar-refractivity contribution in [1.82, 2.24) is 10.1 Å². The topological polar surface area (TPSA) is 64.9 Å². The molecule has 0 aromatic carbocycles. The average molecular weight is 257 g/mol. The lowest BCUT2D eigenvalue weighted by Gasteiger charge is -2.18. The van der Waals surface area contributed by atoms with Crippen molar-refractivity contribution in [3.05, 3.63) is 11.7 Å². The average Bonchev–Trinajstić information content (AvgIpc) is 2.66. The fourth-order valence-corrected chi connectivity index (χ4v) is 2.45. The molecule has 1 aromatic rings. The molecule has 0 amide bonds. The monoisotopic (exact) mass is 257 g/mol. The van der Waals surface area contributed by atoms with Crippen LogP contribution in [0.25, 0.3) is 0 Å². The van der Waals surface area contributed by atoms with Crippen molar-refractivity contribution < 1.29 is 4.52 Å². The maximum absolute atomic E-state index is 6.14. The van der Waals surface area contributed by atoms with E-state index in [0.717, 1.165) is 30.2 Å². The van der Waals surface area contributed by atoms with Crippen LogP contribution in [0.1, 0.15) is 52.3 Å². The molecule has 98 valence electrons. The number of hydrogen-bond acceptors (Lipinski definition) is 5. The van der Waals surface area contributed by atoms with Crippen molar-refractivity contribution >= 4 is 11.8 Å². The van der Waals surface area contributed by atoms with Crippen molar-refractivity contribution in [2.24, 2.45) is 11.7 Å². The second kappa shape index (κ2) is 6.40. The normalized spacial score (nSPS) is 15.2. The largest absolute Gasteiger partial charge is 0.337 e. The van der Waals surface area contributed by atoms with Crippen LogP contribution < -0.4 is 5.73 Å². The maximum Gasteiger partial charge on any atom is 0.246 e. The first-order valence-corrected chi connectivity index (χ1v) is 7.31. The highest BCUT2D eigenvalue weighted by Crippen LogP contribution is 2.22. The molecule has 1 heterocycles. The van der Waals surface area contributed by atoms with E-state index in [1.807, 2.05) is 18.7 Å². The predicted octanol–water partition coefficient (Wildman–Crippen LogP) is 2.93. The first-order chi connectivity index (χ1) is 7.95. The van der Waals surface area contributed by atoms with Gasteiger partial charge in [-0.15, -0.1) is 0 Å². The van der Waals surface area contributed by atoms with Crippen molar-refractivity contribution in [2.45, 2.75) is 51.8 Å². The van der Waals surface area contributed by atoms with E-state index in [1.165, 1.54) is 0 Å². The van der Waals surface area contributed by atoms with E-state index in [2.05, 4.69) is 30.9 Å². The minimum absolute atomic E-state index is 0.497. The molecule has 0 saturated heterocycles. The second-order valence-corrected chi connectivity index (χ2v) is 6.12. The standard InChI is InChI=1S/C12H23N3OS/c1-5-6-12(4,13)11-14-10(15-16-11)8-17-7-9(2)3/h9H,5-8,13H2,1-4H3. The van der Waals surface area contributed by atoms with Gasteiger partial charge in [0.15, 0.2) is 5.82 Å². The van der Waals surface area contributed by atoms with Gasteiger partial charge in [0.25, 0.3) is 0 Å². The van der Waals surface area contributed by atoms with Crippen LogP contribution in [-0.4, -0.2) is 15.9 Å². The van der Waals surface area contributed by atoms with Crippen LogP contribution in [0.15, 0.2) is 4.52 Å². The molecule has 1 rings (SSSR count). The molecule has 0 fully saturated rings. The molecule has 1 unspecified atom stereocenters. The minimum Gasteiger partial charge on any atom is -0.337 e. The van der Waals surface area contributed by atoms with E-state index in [4.69, 9.17) is 10.3 Å². The Kier molecular flexibility index (Phi) is 5.46. The Morgan fingerprint density at radius 2 is 2.18 bits per heavy atom. The molecular weight excluding hydrogens is 234 g/mol. The minimum atomic E-state index is -0.497. The van der Waals surface area contributed by atoms with Crippen molar-refractivity contribution in [3.8, 4) is 0 Å². The van der Waals surface area contributed by atoms with Gasteiger partial charge < -0.3 is 10.3 Å². The summed E-state index contributed by atoms with van der Waals surface area (Å²) in [6, 6.07) is 0. The Morgan fingerprint density at radius 1 is 1.47 bits per heavy atom. The summed E-state index contributed by atoms with van der Waals surface area (Å²) in [6.45, 7) is 8.44. The Balaban J connectivity index is 2.53. The molecule has 1 aromatic heterocycles. The van der Waals surface area contributed by atoms with Gasteiger partial charge in [0.1, 0.15) is 0 Å². The number of hydrogen-bond donors (Lipinski definition) is 1. The summed E-state index contributed by atoms with van der Waals surface area (Å²) < 4.78 is 5.24. The number of thioether (sulfide) groups is 1. The van der Waals surface area contributed by atoms with Gasteiger partial charge in [-0.05, 0) is 25.0 Å². The highest BCUT2D eigenvalue weighted by atomic mass is 32.2. The van der Waals surface area contributed by atoms with Crippen molar-refractivity contribution in [3.63, 3.8) is 0 Å². The molecule has 1 atom stereocenters. The van der Waals surface area contributed by atoms with Crippen LogP contribution in [-0.2, 0) is 11.3 Å². The van der Waals surface area contributed by atoms with Gasteiger partial charge in [0, 0.05) is 0 Å². The molecule has 0 aliphatic carbocycles. The molecule has 0 saturated carbocycles. The first kappa shape index (κ1) is 14.5. The number of nitrogens with two attached hydrogens (primary N) is 1. The lowest BCUT2D eigenvalue weighted by molar-refractivity contribution is 0.282. The third-order valence-electron chi connectivity index (χ3n) is 2.41. The van der Waals surface area contributed by atoms with Crippen molar-refractivity contribution in [2.75, 3.05) is 5.75 Å². The smallest absolute Gasteiger partial charge is 0.246 e. The zero-order valence-electron chi connectivity index (χ0n) is 11.2. The van der Waals surface area contributed by atoms with Crippen LogP contribution in [0.5, 0.6) is 0 Å². The van der Waals surface area contributed by atoms with Crippen molar-refractivity contribution in [1.29, 1.82) is 0 Å². The van der Waals surface area contributed by atoms with Gasteiger partial charge in [-0.2, -0.15) is 16.7 Å². The highest BCUT2D eigenvalue weighted by Gasteiger charge is 2.27. The Hall–Kier alpha value is -0.550. The predicted molar refractivity (Wildman–Crippen MR) is 71.7 cm³/mol. The molecule has 0 spiro atoms. The van der Waals surface area contributed by atoms with Gasteiger partial charge in [0.2, 0.25) is 5.89 Å². The zero-order chi connectivity index (χ0) is 12.9. The Morgan fingerprint density at radius 3 is 2.76 bits per heavy atom. The van der Waals surface area contributed by atoms with Gasteiger partial charge >= 0.3 is 0 Å². The van der Waals surface area contributed by atoms with Gasteiger partial charge in [-0.3, -0.25) is 0 Å². The number of nitrogens with zero attached hydrogens (tertiary/aromatic N) is 2. The molecule has 0 aliphatic heterocycles. The van der Waals surface area contributed by atoms with Crippen LogP contribution in [0.2, 0.25) is 0 Å². The van der Waals surface area contributed by atoms with Crippen LogP contribution in [0.4, 0.5) is 0 Å². The Labute approximate surface area is 108 Å². The van der Waals surface area contributed by atoms with Crippen LogP contribution in [0, 0.1) is 5.92 Å². The fraction of sp³-hybridized carbons (Fsp3) is 0.833. The summed E-state index contributed by atoms with van der Waals surface area (Å²) in [6.07, 6.45) is 1.86. The van der Waals surface area contributed by atoms with Gasteiger partial charge in [-0.25, -0.2) is 0 Å². The third-order valence-corrected chi connectivity index (χ3v) is 3.77. The number of rotatable bonds is 7. The van der Waals surface area contributed by atoms with E-state index < -0.39 is 5.54 Å². The van der Waals surface area contributed by atoms with Crippen LogP contribution in [0.3, 0.4) is 0 Å². The summed E-state index contributed by atoms with van der Waals surface area (Å²) in [4.78, 5) is 4.37. The summed E-state index contributed by atoms with van der Waals surface area (Å²) in [5.74, 6) is 3.90.